The molecule has 0 bridgehead atoms. The third-order valence-electron chi connectivity index (χ3n) is 3.00. The van der Waals surface area contributed by atoms with Crippen molar-refractivity contribution >= 4 is 21.2 Å². The third-order valence-corrected chi connectivity index (χ3v) is 6.37. The molecule has 0 amide bonds. The summed E-state index contributed by atoms with van der Waals surface area (Å²) in [6, 6.07) is 0.385. The first-order chi connectivity index (χ1) is 8.49. The zero-order valence-electron chi connectivity index (χ0n) is 10.7. The van der Waals surface area contributed by atoms with Crippen LogP contribution in [0.5, 0.6) is 0 Å². The summed E-state index contributed by atoms with van der Waals surface area (Å²) in [5.74, 6) is 0.289. The molecule has 0 aromatic carbocycles. The maximum absolute atomic E-state index is 12.0. The van der Waals surface area contributed by atoms with E-state index in [1.165, 1.54) is 11.3 Å². The molecule has 1 atom stereocenters. The maximum atomic E-state index is 12.0. The van der Waals surface area contributed by atoms with E-state index in [4.69, 9.17) is 0 Å². The molecule has 2 rings (SSSR count). The van der Waals surface area contributed by atoms with E-state index in [-0.39, 0.29) is 5.75 Å². The van der Waals surface area contributed by atoms with Gasteiger partial charge in [-0.05, 0) is 12.8 Å². The normalized spacial score (nSPS) is 23.4. The van der Waals surface area contributed by atoms with E-state index in [1.807, 2.05) is 0 Å². The van der Waals surface area contributed by atoms with Gasteiger partial charge in [0.25, 0.3) is 0 Å². The van der Waals surface area contributed by atoms with Crippen LogP contribution in [0.15, 0.2) is 0 Å². The molecule has 0 aliphatic carbocycles. The molecule has 2 heterocycles. The Kier molecular flexibility index (Phi) is 4.34. The summed E-state index contributed by atoms with van der Waals surface area (Å²) in [6.45, 7) is 4.78. The van der Waals surface area contributed by atoms with Crippen molar-refractivity contribution in [2.24, 2.45) is 0 Å². The quantitative estimate of drug-likeness (QED) is 0.913. The Morgan fingerprint density at radius 2 is 2.17 bits per heavy atom. The summed E-state index contributed by atoms with van der Waals surface area (Å²) in [6.07, 6.45) is 2.43. The number of hydrogen-bond acceptors (Lipinski definition) is 6. The van der Waals surface area contributed by atoms with Crippen LogP contribution in [0.1, 0.15) is 48.4 Å². The van der Waals surface area contributed by atoms with E-state index in [0.29, 0.717) is 24.0 Å². The second-order valence-corrected chi connectivity index (χ2v) is 8.32. The Bertz CT molecular complexity index is 496. The van der Waals surface area contributed by atoms with Crippen molar-refractivity contribution in [3.05, 3.63) is 10.0 Å². The Morgan fingerprint density at radius 1 is 1.39 bits per heavy atom. The van der Waals surface area contributed by atoms with Crippen LogP contribution in [0.2, 0.25) is 0 Å². The lowest BCUT2D eigenvalue weighted by Crippen LogP contribution is -2.21. The molecule has 1 aromatic heterocycles. The smallest absolute Gasteiger partial charge is 0.159 e. The highest BCUT2D eigenvalue weighted by Gasteiger charge is 2.32. The minimum absolute atomic E-state index is 0.289. The maximum Gasteiger partial charge on any atom is 0.159 e. The lowest BCUT2D eigenvalue weighted by atomic mass is 10.2. The number of hydrogen-bond donors (Lipinski definition) is 1. The number of aromatic nitrogens is 2. The van der Waals surface area contributed by atoms with Crippen LogP contribution in [-0.4, -0.2) is 30.4 Å². The largest absolute Gasteiger partial charge is 0.308 e. The zero-order chi connectivity index (χ0) is 13.2. The fourth-order valence-corrected chi connectivity index (χ4v) is 5.16. The van der Waals surface area contributed by atoms with Gasteiger partial charge in [-0.3, -0.25) is 0 Å². The van der Waals surface area contributed by atoms with E-state index >= 15 is 0 Å². The van der Waals surface area contributed by atoms with Crippen molar-refractivity contribution in [2.45, 2.75) is 50.9 Å². The molecule has 1 aliphatic rings. The molecule has 7 heteroatoms. The van der Waals surface area contributed by atoms with Gasteiger partial charge >= 0.3 is 0 Å². The Labute approximate surface area is 112 Å². The number of nitrogens with zero attached hydrogens (tertiary/aromatic N) is 2. The average molecular weight is 289 g/mol. The van der Waals surface area contributed by atoms with Crippen LogP contribution < -0.4 is 5.32 Å². The van der Waals surface area contributed by atoms with Crippen LogP contribution in [0.25, 0.3) is 0 Å². The molecular weight excluding hydrogens is 270 g/mol. The fraction of sp³-hybridized carbons (Fsp3) is 0.818. The average Bonchev–Trinajstić information content (AvgIpc) is 2.74. The molecule has 0 spiro atoms. The molecule has 1 aliphatic heterocycles. The lowest BCUT2D eigenvalue weighted by molar-refractivity contribution is 0.544. The van der Waals surface area contributed by atoms with Crippen molar-refractivity contribution in [3.8, 4) is 0 Å². The van der Waals surface area contributed by atoms with Crippen molar-refractivity contribution in [1.29, 1.82) is 0 Å². The van der Waals surface area contributed by atoms with Gasteiger partial charge in [0.15, 0.2) is 9.84 Å². The predicted octanol–water partition coefficient (Wildman–Crippen LogP) is 1.68. The molecule has 18 heavy (non-hydrogen) atoms. The lowest BCUT2D eigenvalue weighted by Gasteiger charge is -2.19. The Balaban J connectivity index is 2.09. The first-order valence-corrected chi connectivity index (χ1v) is 8.79. The Morgan fingerprint density at radius 3 is 2.83 bits per heavy atom. The third kappa shape index (κ3) is 3.27. The van der Waals surface area contributed by atoms with E-state index in [0.717, 1.165) is 17.8 Å². The molecule has 0 radical (unpaired) electrons. The SMILES string of the molecule is CC(C)NCc1nnc(C2CCCCS2(=O)=O)s1. The monoisotopic (exact) mass is 289 g/mol. The summed E-state index contributed by atoms with van der Waals surface area (Å²) in [4.78, 5) is 0. The minimum Gasteiger partial charge on any atom is -0.308 e. The van der Waals surface area contributed by atoms with Crippen molar-refractivity contribution < 1.29 is 8.42 Å². The topological polar surface area (TPSA) is 72.0 Å². The molecule has 1 N–H and O–H groups in total. The molecule has 102 valence electrons. The second-order valence-electron chi connectivity index (χ2n) is 4.92. The van der Waals surface area contributed by atoms with Crippen LogP contribution in [0.3, 0.4) is 0 Å². The minimum atomic E-state index is -3.01. The molecule has 1 unspecified atom stereocenters. The second kappa shape index (κ2) is 5.63. The van der Waals surface area contributed by atoms with Gasteiger partial charge < -0.3 is 5.32 Å². The van der Waals surface area contributed by atoms with E-state index in [2.05, 4.69) is 29.4 Å². The summed E-state index contributed by atoms with van der Waals surface area (Å²) in [5.41, 5.74) is 0. The van der Waals surface area contributed by atoms with Crippen molar-refractivity contribution in [2.75, 3.05) is 5.75 Å². The highest BCUT2D eigenvalue weighted by molar-refractivity contribution is 7.91. The van der Waals surface area contributed by atoms with Gasteiger partial charge in [0.1, 0.15) is 15.3 Å². The zero-order valence-corrected chi connectivity index (χ0v) is 12.4. The summed E-state index contributed by atoms with van der Waals surface area (Å²) in [7, 11) is -3.01. The van der Waals surface area contributed by atoms with Crippen molar-refractivity contribution in [3.63, 3.8) is 0 Å². The standard InChI is InChI=1S/C11H19N3O2S2/c1-8(2)12-7-10-13-14-11(17-10)9-5-3-4-6-18(9,15)16/h8-9,12H,3-7H2,1-2H3. The summed E-state index contributed by atoms with van der Waals surface area (Å²) < 4.78 is 24.0. The van der Waals surface area contributed by atoms with Crippen LogP contribution in [0, 0.1) is 0 Å². The van der Waals surface area contributed by atoms with Gasteiger partial charge in [-0.1, -0.05) is 31.6 Å². The Hall–Kier alpha value is -0.530. The van der Waals surface area contributed by atoms with Crippen LogP contribution in [-0.2, 0) is 16.4 Å². The summed E-state index contributed by atoms with van der Waals surface area (Å²) >= 11 is 1.42. The number of nitrogens with one attached hydrogen (secondary N) is 1. The number of rotatable bonds is 4. The molecular formula is C11H19N3O2S2. The highest BCUT2D eigenvalue weighted by Crippen LogP contribution is 2.34. The fourth-order valence-electron chi connectivity index (χ4n) is 1.99. The van der Waals surface area contributed by atoms with Crippen molar-refractivity contribution in [1.82, 2.24) is 15.5 Å². The van der Waals surface area contributed by atoms with E-state index < -0.39 is 15.1 Å². The first kappa shape index (κ1) is 13.9. The van der Waals surface area contributed by atoms with E-state index in [9.17, 15) is 8.42 Å². The van der Waals surface area contributed by atoms with Gasteiger partial charge in [-0.2, -0.15) is 0 Å². The predicted molar refractivity (Wildman–Crippen MR) is 72.3 cm³/mol. The van der Waals surface area contributed by atoms with Gasteiger partial charge in [0, 0.05) is 12.6 Å². The molecule has 1 saturated heterocycles. The van der Waals surface area contributed by atoms with Gasteiger partial charge in [0.05, 0.1) is 5.75 Å². The first-order valence-electron chi connectivity index (χ1n) is 6.26. The summed E-state index contributed by atoms with van der Waals surface area (Å²) in [5, 5.41) is 12.5. The molecule has 0 saturated carbocycles. The highest BCUT2D eigenvalue weighted by atomic mass is 32.2. The molecule has 5 nitrogen and oxygen atoms in total. The van der Waals surface area contributed by atoms with Gasteiger partial charge in [0.2, 0.25) is 0 Å². The van der Waals surface area contributed by atoms with Gasteiger partial charge in [-0.15, -0.1) is 10.2 Å². The van der Waals surface area contributed by atoms with Crippen LogP contribution >= 0.6 is 11.3 Å². The molecule has 1 fully saturated rings. The van der Waals surface area contributed by atoms with Gasteiger partial charge in [-0.25, -0.2) is 8.42 Å². The number of sulfone groups is 1. The van der Waals surface area contributed by atoms with Crippen LogP contribution in [0.4, 0.5) is 0 Å². The molecule has 1 aromatic rings. The van der Waals surface area contributed by atoms with E-state index in [1.54, 1.807) is 0 Å².